The van der Waals surface area contributed by atoms with Crippen molar-refractivity contribution in [1.82, 2.24) is 9.88 Å². The van der Waals surface area contributed by atoms with Crippen LogP contribution in [0.15, 0.2) is 47.5 Å². The zero-order valence-electron chi connectivity index (χ0n) is 21.8. The molecule has 0 saturated carbocycles. The van der Waals surface area contributed by atoms with E-state index >= 15 is 0 Å². The molecule has 4 rings (SSSR count). The fraction of sp³-hybridized carbons (Fsp3) is 0.500. The third kappa shape index (κ3) is 9.08. The van der Waals surface area contributed by atoms with E-state index in [4.69, 9.17) is 9.90 Å². The molecule has 10 nitrogen and oxygen atoms in total. The van der Waals surface area contributed by atoms with Crippen LogP contribution in [0.1, 0.15) is 48.9 Å². The van der Waals surface area contributed by atoms with Gasteiger partial charge in [0.15, 0.2) is 5.82 Å². The number of aromatic nitrogens is 1. The molecule has 14 heteroatoms. The number of hydrogen-bond donors (Lipinski definition) is 3. The molecule has 1 aromatic heterocycles. The Kier molecular flexibility index (Phi) is 10.7. The molecule has 3 N–H and O–H groups in total. The molecule has 2 saturated heterocycles. The summed E-state index contributed by atoms with van der Waals surface area (Å²) in [7, 11) is -3.86. The third-order valence-corrected chi connectivity index (χ3v) is 8.25. The molecule has 2 fully saturated rings. The summed E-state index contributed by atoms with van der Waals surface area (Å²) in [5.41, 5.74) is 0.145. The van der Waals surface area contributed by atoms with Gasteiger partial charge in [0.2, 0.25) is 0 Å². The number of likely N-dealkylation sites (tertiary alicyclic amines) is 1. The molecule has 2 aliphatic rings. The number of anilines is 2. The second-order valence-corrected chi connectivity index (χ2v) is 11.4. The smallest absolute Gasteiger partial charge is 0.478 e. The maximum Gasteiger partial charge on any atom is 0.490 e. The number of aliphatic carboxylic acids is 1. The predicted octanol–water partition coefficient (Wildman–Crippen LogP) is 4.31. The number of sulfonamides is 1. The number of carboxylic acids is 2. The summed E-state index contributed by atoms with van der Waals surface area (Å²) in [6, 6.07) is 9.40. The topological polar surface area (TPSA) is 140 Å². The molecule has 0 bridgehead atoms. The van der Waals surface area contributed by atoms with Gasteiger partial charge in [0.1, 0.15) is 0 Å². The number of carbonyl (C=O) groups is 2. The summed E-state index contributed by atoms with van der Waals surface area (Å²) in [5, 5.41) is 16.5. The summed E-state index contributed by atoms with van der Waals surface area (Å²) in [6.45, 7) is 5.11. The van der Waals surface area contributed by atoms with Crippen molar-refractivity contribution in [2.75, 3.05) is 42.3 Å². The fourth-order valence-corrected chi connectivity index (χ4v) is 5.76. The Hall–Kier alpha value is -3.39. The van der Waals surface area contributed by atoms with Crippen molar-refractivity contribution in [3.63, 3.8) is 0 Å². The molecular formula is C26H33F3N4O6S. The van der Waals surface area contributed by atoms with Crippen LogP contribution in [0.3, 0.4) is 0 Å². The Bertz CT molecular complexity index is 1250. The number of halogens is 3. The fourth-order valence-electron chi connectivity index (χ4n) is 4.69. The van der Waals surface area contributed by atoms with Crippen molar-refractivity contribution >= 4 is 33.5 Å². The second-order valence-electron chi connectivity index (χ2n) is 9.74. The van der Waals surface area contributed by atoms with Gasteiger partial charge in [-0.1, -0.05) is 24.6 Å². The van der Waals surface area contributed by atoms with E-state index in [-0.39, 0.29) is 16.1 Å². The highest BCUT2D eigenvalue weighted by atomic mass is 32.2. The van der Waals surface area contributed by atoms with Crippen LogP contribution < -0.4 is 9.62 Å². The molecule has 0 aliphatic carbocycles. The molecule has 0 unspecified atom stereocenters. The van der Waals surface area contributed by atoms with Gasteiger partial charge in [-0.05, 0) is 75.9 Å². The van der Waals surface area contributed by atoms with Crippen LogP contribution in [0.2, 0.25) is 0 Å². The van der Waals surface area contributed by atoms with E-state index in [2.05, 4.69) is 19.5 Å². The Morgan fingerprint density at radius 1 is 1.00 bits per heavy atom. The van der Waals surface area contributed by atoms with Gasteiger partial charge < -0.3 is 20.0 Å². The first-order valence-corrected chi connectivity index (χ1v) is 14.4. The van der Waals surface area contributed by atoms with E-state index in [1.807, 2.05) is 0 Å². The van der Waals surface area contributed by atoms with Crippen molar-refractivity contribution in [1.29, 1.82) is 0 Å². The van der Waals surface area contributed by atoms with Crippen LogP contribution in [0.25, 0.3) is 0 Å². The van der Waals surface area contributed by atoms with Crippen LogP contribution in [-0.4, -0.2) is 79.4 Å². The lowest BCUT2D eigenvalue weighted by Gasteiger charge is -2.35. The average molecular weight is 587 g/mol. The number of pyridine rings is 1. The maximum absolute atomic E-state index is 12.9. The lowest BCUT2D eigenvalue weighted by molar-refractivity contribution is -0.192. The normalized spacial score (nSPS) is 17.0. The molecule has 0 radical (unpaired) electrons. The van der Waals surface area contributed by atoms with Crippen molar-refractivity contribution in [3.05, 3.63) is 48.2 Å². The SMILES string of the molecule is O=C(O)C(F)(F)F.O=C(O)c1cnc(N2CCC(CCN3CCCCC3)CC2)c(NS(=O)(=O)c2ccccc2)c1. The average Bonchev–Trinajstić information content (AvgIpc) is 2.93. The number of hydrogen-bond acceptors (Lipinski definition) is 7. The monoisotopic (exact) mass is 586 g/mol. The minimum absolute atomic E-state index is 0.0547. The number of benzene rings is 1. The van der Waals surface area contributed by atoms with Gasteiger partial charge in [-0.3, -0.25) is 4.72 Å². The number of alkyl halides is 3. The summed E-state index contributed by atoms with van der Waals surface area (Å²) < 4.78 is 60.1. The molecule has 3 heterocycles. The van der Waals surface area contributed by atoms with Gasteiger partial charge in [0, 0.05) is 19.3 Å². The minimum Gasteiger partial charge on any atom is -0.478 e. The lowest BCUT2D eigenvalue weighted by Crippen LogP contribution is -2.37. The summed E-state index contributed by atoms with van der Waals surface area (Å²) in [5.74, 6) is -2.78. The third-order valence-electron chi connectivity index (χ3n) is 6.87. The lowest BCUT2D eigenvalue weighted by atomic mass is 9.93. The molecule has 220 valence electrons. The van der Waals surface area contributed by atoms with E-state index in [0.29, 0.717) is 11.7 Å². The summed E-state index contributed by atoms with van der Waals surface area (Å²) in [4.78, 5) is 29.5. The highest BCUT2D eigenvalue weighted by Gasteiger charge is 2.38. The highest BCUT2D eigenvalue weighted by molar-refractivity contribution is 7.92. The largest absolute Gasteiger partial charge is 0.490 e. The Morgan fingerprint density at radius 3 is 2.15 bits per heavy atom. The zero-order chi connectivity index (χ0) is 29.3. The van der Waals surface area contributed by atoms with E-state index in [9.17, 15) is 31.5 Å². The Morgan fingerprint density at radius 2 is 1.60 bits per heavy atom. The molecule has 0 atom stereocenters. The molecule has 40 heavy (non-hydrogen) atoms. The molecule has 0 spiro atoms. The number of aromatic carboxylic acids is 1. The number of nitrogens with zero attached hydrogens (tertiary/aromatic N) is 3. The number of nitrogens with one attached hydrogen (secondary N) is 1. The molecule has 2 aliphatic heterocycles. The predicted molar refractivity (Wildman–Crippen MR) is 142 cm³/mol. The Balaban J connectivity index is 0.000000559. The first-order chi connectivity index (χ1) is 18.9. The van der Waals surface area contributed by atoms with Gasteiger partial charge in [0.25, 0.3) is 10.0 Å². The van der Waals surface area contributed by atoms with Crippen LogP contribution >= 0.6 is 0 Å². The van der Waals surface area contributed by atoms with Gasteiger partial charge in [0.05, 0.1) is 16.1 Å². The van der Waals surface area contributed by atoms with Gasteiger partial charge in [-0.2, -0.15) is 13.2 Å². The standard InChI is InChI=1S/C24H32N4O4S.C2HF3O2/c29-24(30)20-17-22(26-33(31,32)21-7-3-1-4-8-21)23(25-18-20)28-15-10-19(11-16-28)9-14-27-12-5-2-6-13-27;3-2(4,5)1(6)7/h1,3-4,7-8,17-19,26H,2,5-6,9-16H2,(H,29,30);(H,6,7). The van der Waals surface area contributed by atoms with Crippen molar-refractivity contribution < 1.29 is 41.4 Å². The van der Waals surface area contributed by atoms with Crippen molar-refractivity contribution in [2.24, 2.45) is 5.92 Å². The van der Waals surface area contributed by atoms with Crippen LogP contribution in [0.5, 0.6) is 0 Å². The quantitative estimate of drug-likeness (QED) is 0.413. The first kappa shape index (κ1) is 31.1. The van der Waals surface area contributed by atoms with Crippen molar-refractivity contribution in [2.45, 2.75) is 49.6 Å². The van der Waals surface area contributed by atoms with Crippen LogP contribution in [-0.2, 0) is 14.8 Å². The van der Waals surface area contributed by atoms with Crippen LogP contribution in [0.4, 0.5) is 24.7 Å². The number of rotatable bonds is 8. The minimum atomic E-state index is -5.08. The first-order valence-electron chi connectivity index (χ1n) is 13.0. The second kappa shape index (κ2) is 13.8. The van der Waals surface area contributed by atoms with E-state index in [1.54, 1.807) is 18.2 Å². The highest BCUT2D eigenvalue weighted by Crippen LogP contribution is 2.31. The molecule has 1 aromatic carbocycles. The maximum atomic E-state index is 12.9. The van der Waals surface area contributed by atoms with Gasteiger partial charge in [-0.15, -0.1) is 0 Å². The van der Waals surface area contributed by atoms with Gasteiger partial charge in [-0.25, -0.2) is 23.0 Å². The number of carboxylic acid groups (broad SMARTS) is 2. The number of piperidine rings is 2. The summed E-state index contributed by atoms with van der Waals surface area (Å²) in [6.07, 6.45) is 3.38. The molecule has 0 amide bonds. The zero-order valence-corrected chi connectivity index (χ0v) is 22.6. The molecular weight excluding hydrogens is 553 g/mol. The van der Waals surface area contributed by atoms with E-state index in [0.717, 1.165) is 32.5 Å². The summed E-state index contributed by atoms with van der Waals surface area (Å²) >= 11 is 0. The van der Waals surface area contributed by atoms with Gasteiger partial charge >= 0.3 is 18.1 Å². The van der Waals surface area contributed by atoms with Crippen LogP contribution in [0, 0.1) is 5.92 Å². The van der Waals surface area contributed by atoms with Crippen molar-refractivity contribution in [3.8, 4) is 0 Å². The van der Waals surface area contributed by atoms with E-state index < -0.39 is 28.1 Å². The van der Waals surface area contributed by atoms with E-state index in [1.165, 1.54) is 63.2 Å². The molecule has 2 aromatic rings. The Labute approximate surface area is 230 Å².